The second-order valence-corrected chi connectivity index (χ2v) is 6.74. The first kappa shape index (κ1) is 13.1. The molecule has 0 amide bonds. The molecule has 7 heteroatoms. The highest BCUT2D eigenvalue weighted by Crippen LogP contribution is 2.32. The summed E-state index contributed by atoms with van der Waals surface area (Å²) in [5.74, 6) is 0.336. The van der Waals surface area contributed by atoms with Crippen molar-refractivity contribution >= 4 is 21.7 Å². The molecule has 2 N–H and O–H groups in total. The Morgan fingerprint density at radius 1 is 0.955 bits per heavy atom. The summed E-state index contributed by atoms with van der Waals surface area (Å²) in [7, 11) is -3.66. The van der Waals surface area contributed by atoms with Gasteiger partial charge in [-0.05, 0) is 18.2 Å². The fourth-order valence-electron chi connectivity index (χ4n) is 2.44. The molecule has 0 aliphatic carbocycles. The zero-order chi connectivity index (χ0) is 15.2. The van der Waals surface area contributed by atoms with Gasteiger partial charge in [0.15, 0.2) is 10.9 Å². The van der Waals surface area contributed by atoms with Crippen molar-refractivity contribution < 1.29 is 8.42 Å². The number of sulfone groups is 1. The largest absolute Gasteiger partial charge is 0.290 e. The molecule has 0 atom stereocenters. The number of benzene rings is 2. The van der Waals surface area contributed by atoms with Crippen LogP contribution in [0.1, 0.15) is 5.56 Å². The molecule has 2 heterocycles. The smallest absolute Gasteiger partial charge is 0.226 e. The summed E-state index contributed by atoms with van der Waals surface area (Å²) in [6, 6.07) is 15.9. The number of hydrogen-bond acceptors (Lipinski definition) is 6. The van der Waals surface area contributed by atoms with E-state index in [1.165, 1.54) is 0 Å². The van der Waals surface area contributed by atoms with Crippen molar-refractivity contribution in [1.82, 2.24) is 11.0 Å². The van der Waals surface area contributed by atoms with E-state index in [1.807, 2.05) is 24.3 Å². The number of fused-ring (bicyclic) bond motifs is 3. The molecule has 2 aromatic carbocycles. The van der Waals surface area contributed by atoms with Gasteiger partial charge >= 0.3 is 0 Å². The van der Waals surface area contributed by atoms with Gasteiger partial charge in [0, 0.05) is 11.8 Å². The molecule has 0 saturated carbocycles. The maximum Gasteiger partial charge on any atom is 0.226 e. The van der Waals surface area contributed by atoms with Gasteiger partial charge < -0.3 is 0 Å². The third kappa shape index (κ3) is 1.83. The molecule has 0 aromatic heterocycles. The Kier molecular flexibility index (Phi) is 2.78. The Morgan fingerprint density at radius 2 is 1.68 bits per heavy atom. The van der Waals surface area contributed by atoms with Crippen molar-refractivity contribution in [1.29, 1.82) is 0 Å². The van der Waals surface area contributed by atoms with Gasteiger partial charge in [-0.25, -0.2) is 18.4 Å². The lowest BCUT2D eigenvalue weighted by Gasteiger charge is -2.23. The lowest BCUT2D eigenvalue weighted by molar-refractivity contribution is 0.592. The molecule has 22 heavy (non-hydrogen) atoms. The van der Waals surface area contributed by atoms with E-state index in [1.54, 1.807) is 41.6 Å². The molecule has 2 aliphatic heterocycles. The molecular weight excluding hydrogens is 300 g/mol. The van der Waals surface area contributed by atoms with Crippen molar-refractivity contribution in [2.75, 3.05) is 5.01 Å². The van der Waals surface area contributed by atoms with E-state index in [-0.39, 0.29) is 9.92 Å². The summed E-state index contributed by atoms with van der Waals surface area (Å²) < 4.78 is 25.5. The minimum atomic E-state index is -3.66. The van der Waals surface area contributed by atoms with Crippen LogP contribution < -0.4 is 16.0 Å². The SMILES string of the molecule is O=S(=O)(C1=C2N=Cc3ccccc3N2NN1)c1ccccc1. The molecule has 0 saturated heterocycles. The molecule has 110 valence electrons. The van der Waals surface area contributed by atoms with E-state index in [0.717, 1.165) is 11.3 Å². The molecule has 4 rings (SSSR count). The van der Waals surface area contributed by atoms with Crippen LogP contribution in [0.2, 0.25) is 0 Å². The van der Waals surface area contributed by atoms with Crippen LogP contribution in [0.3, 0.4) is 0 Å². The number of hydrogen-bond donors (Lipinski definition) is 2. The van der Waals surface area contributed by atoms with Crippen LogP contribution in [-0.4, -0.2) is 14.6 Å². The van der Waals surface area contributed by atoms with Gasteiger partial charge in [-0.1, -0.05) is 36.4 Å². The zero-order valence-electron chi connectivity index (χ0n) is 11.4. The van der Waals surface area contributed by atoms with Crippen LogP contribution in [-0.2, 0) is 9.84 Å². The molecule has 2 aromatic rings. The number of hydrazine groups is 2. The molecular formula is C15H12N4O2S. The predicted molar refractivity (Wildman–Crippen MR) is 83.4 cm³/mol. The quantitative estimate of drug-likeness (QED) is 0.880. The highest BCUT2D eigenvalue weighted by Gasteiger charge is 2.35. The normalized spacial score (nSPS) is 16.3. The fourth-order valence-corrected chi connectivity index (χ4v) is 3.76. The summed E-state index contributed by atoms with van der Waals surface area (Å²) in [6.07, 6.45) is 1.66. The van der Waals surface area contributed by atoms with Gasteiger partial charge in [0.1, 0.15) is 0 Å². The van der Waals surface area contributed by atoms with Gasteiger partial charge in [-0.2, -0.15) is 0 Å². The second-order valence-electron chi connectivity index (χ2n) is 4.86. The van der Waals surface area contributed by atoms with E-state index < -0.39 is 9.84 Å². The van der Waals surface area contributed by atoms with Crippen molar-refractivity contribution in [3.05, 3.63) is 71.0 Å². The van der Waals surface area contributed by atoms with E-state index in [0.29, 0.717) is 5.82 Å². The first-order valence-corrected chi connectivity index (χ1v) is 8.15. The number of nitrogens with zero attached hydrogens (tertiary/aromatic N) is 2. The van der Waals surface area contributed by atoms with Crippen LogP contribution in [0.25, 0.3) is 0 Å². The third-order valence-corrected chi connectivity index (χ3v) is 5.24. The van der Waals surface area contributed by atoms with Gasteiger partial charge in [-0.3, -0.25) is 5.43 Å². The van der Waals surface area contributed by atoms with Gasteiger partial charge in [0.2, 0.25) is 9.84 Å². The van der Waals surface area contributed by atoms with E-state index in [9.17, 15) is 8.42 Å². The molecule has 6 nitrogen and oxygen atoms in total. The lowest BCUT2D eigenvalue weighted by atomic mass is 10.1. The van der Waals surface area contributed by atoms with Crippen LogP contribution in [0.15, 0.2) is 75.3 Å². The monoisotopic (exact) mass is 312 g/mol. The van der Waals surface area contributed by atoms with E-state index in [2.05, 4.69) is 16.0 Å². The zero-order valence-corrected chi connectivity index (χ0v) is 12.2. The molecule has 0 fully saturated rings. The maximum atomic E-state index is 12.7. The van der Waals surface area contributed by atoms with Crippen molar-refractivity contribution in [2.45, 2.75) is 4.90 Å². The minimum Gasteiger partial charge on any atom is -0.290 e. The average Bonchev–Trinajstić information content (AvgIpc) is 3.01. The summed E-state index contributed by atoms with van der Waals surface area (Å²) in [4.78, 5) is 4.51. The second kappa shape index (κ2) is 4.69. The summed E-state index contributed by atoms with van der Waals surface area (Å²) in [5.41, 5.74) is 7.35. The Labute approximate surface area is 127 Å². The van der Waals surface area contributed by atoms with Gasteiger partial charge in [-0.15, -0.1) is 5.53 Å². The van der Waals surface area contributed by atoms with Crippen LogP contribution in [0, 0.1) is 0 Å². The van der Waals surface area contributed by atoms with Crippen molar-refractivity contribution in [2.24, 2.45) is 4.99 Å². The van der Waals surface area contributed by atoms with Crippen molar-refractivity contribution in [3.8, 4) is 0 Å². The fraction of sp³-hybridized carbons (Fsp3) is 0. The third-order valence-electron chi connectivity index (χ3n) is 3.52. The van der Waals surface area contributed by atoms with E-state index in [4.69, 9.17) is 0 Å². The summed E-state index contributed by atoms with van der Waals surface area (Å²) >= 11 is 0. The molecule has 0 radical (unpaired) electrons. The number of anilines is 1. The summed E-state index contributed by atoms with van der Waals surface area (Å²) in [6.45, 7) is 0. The van der Waals surface area contributed by atoms with Gasteiger partial charge in [0.05, 0.1) is 10.6 Å². The first-order valence-electron chi connectivity index (χ1n) is 6.67. The standard InChI is InChI=1S/C15H12N4O2S/c20-22(21,12-7-2-1-3-8-12)15-14-16-10-11-6-4-5-9-13(11)19(14)18-17-15/h1-10,17-18H. The Bertz CT molecular complexity index is 904. The molecule has 0 bridgehead atoms. The number of rotatable bonds is 2. The summed E-state index contributed by atoms with van der Waals surface area (Å²) in [5, 5.41) is 1.68. The number of aliphatic imine (C=N–C) groups is 1. The van der Waals surface area contributed by atoms with Crippen LogP contribution in [0.4, 0.5) is 5.69 Å². The van der Waals surface area contributed by atoms with Gasteiger partial charge in [0.25, 0.3) is 0 Å². The topological polar surface area (TPSA) is 73.8 Å². The van der Waals surface area contributed by atoms with E-state index >= 15 is 0 Å². The lowest BCUT2D eigenvalue weighted by Crippen LogP contribution is -2.39. The average molecular weight is 312 g/mol. The Hall–Kier alpha value is -2.64. The Balaban J connectivity index is 1.86. The Morgan fingerprint density at radius 3 is 2.50 bits per heavy atom. The van der Waals surface area contributed by atoms with Crippen molar-refractivity contribution in [3.63, 3.8) is 0 Å². The van der Waals surface area contributed by atoms with Crippen LogP contribution in [0.5, 0.6) is 0 Å². The maximum absolute atomic E-state index is 12.7. The highest BCUT2D eigenvalue weighted by molar-refractivity contribution is 7.95. The molecule has 2 aliphatic rings. The molecule has 0 unspecified atom stereocenters. The first-order chi connectivity index (χ1) is 10.7. The molecule has 0 spiro atoms. The highest BCUT2D eigenvalue weighted by atomic mass is 32.2. The predicted octanol–water partition coefficient (Wildman–Crippen LogP) is 1.55. The number of nitrogens with one attached hydrogen (secondary N) is 2. The minimum absolute atomic E-state index is 0.0458. The number of para-hydroxylation sites is 1. The van der Waals surface area contributed by atoms with Crippen LogP contribution >= 0.6 is 0 Å².